The molecule has 1 aromatic heterocycles. The number of aromatic hydroxyl groups is 1. The van der Waals surface area contributed by atoms with Crippen LogP contribution < -0.4 is 15.0 Å². The Hall–Kier alpha value is -3.32. The van der Waals surface area contributed by atoms with Crippen molar-refractivity contribution in [3.8, 4) is 23.1 Å². The molecule has 0 saturated carbocycles. The number of rotatable bonds is 10. The quantitative estimate of drug-likeness (QED) is 0.385. The van der Waals surface area contributed by atoms with Gasteiger partial charge in [-0.1, -0.05) is 32.0 Å². The van der Waals surface area contributed by atoms with Gasteiger partial charge in [-0.25, -0.2) is 4.57 Å². The molecule has 0 bridgehead atoms. The first kappa shape index (κ1) is 23.3. The Morgan fingerprint density at radius 2 is 1.72 bits per heavy atom. The number of aromatic nitrogens is 1. The highest BCUT2D eigenvalue weighted by atomic mass is 16.5. The molecule has 0 amide bonds. The summed E-state index contributed by atoms with van der Waals surface area (Å²) in [6, 6.07) is 12.3. The van der Waals surface area contributed by atoms with Crippen LogP contribution in [0, 0.1) is 0 Å². The molecule has 7 nitrogen and oxygen atoms in total. The first-order valence-electron chi connectivity index (χ1n) is 10.9. The van der Waals surface area contributed by atoms with E-state index in [-0.39, 0.29) is 11.4 Å². The third-order valence-corrected chi connectivity index (χ3v) is 5.61. The number of hydrogen-bond donors (Lipinski definition) is 1. The summed E-state index contributed by atoms with van der Waals surface area (Å²) in [5.74, 6) is 0.851. The summed E-state index contributed by atoms with van der Waals surface area (Å²) in [6.07, 6.45) is 2.59. The number of aliphatic imine (C=N–C) groups is 1. The summed E-state index contributed by atoms with van der Waals surface area (Å²) in [5, 5.41) is 12.3. The van der Waals surface area contributed by atoms with E-state index < -0.39 is 0 Å². The normalized spacial score (nSPS) is 11.5. The Kier molecular flexibility index (Phi) is 7.89. The molecule has 3 aromatic rings. The van der Waals surface area contributed by atoms with Crippen molar-refractivity contribution in [3.05, 3.63) is 58.4 Å². The fraction of sp³-hybridized carbons (Fsp3) is 0.360. The van der Waals surface area contributed by atoms with Gasteiger partial charge in [-0.2, -0.15) is 0 Å². The molecule has 32 heavy (non-hydrogen) atoms. The molecule has 0 radical (unpaired) electrons. The molecular weight excluding hydrogens is 406 g/mol. The van der Waals surface area contributed by atoms with Crippen molar-refractivity contribution in [1.29, 1.82) is 0 Å². The Morgan fingerprint density at radius 3 is 2.38 bits per heavy atom. The van der Waals surface area contributed by atoms with Crippen LogP contribution in [0.5, 0.6) is 17.4 Å². The van der Waals surface area contributed by atoms with Crippen LogP contribution in [0.1, 0.15) is 25.8 Å². The summed E-state index contributed by atoms with van der Waals surface area (Å²) >= 11 is 0. The van der Waals surface area contributed by atoms with Gasteiger partial charge < -0.3 is 19.5 Å². The number of ether oxygens (including phenoxy) is 2. The Balaban J connectivity index is 2.04. The van der Waals surface area contributed by atoms with Crippen molar-refractivity contribution < 1.29 is 14.6 Å². The molecule has 7 heteroatoms. The SMILES string of the molecule is CCN(CC)CCCN=Cc1c(O)n(-c2ccc(OC)c(OC)c2)c(=O)c2ccccc12. The Morgan fingerprint density at radius 1 is 1.03 bits per heavy atom. The summed E-state index contributed by atoms with van der Waals surface area (Å²) < 4.78 is 11.9. The number of nitrogens with zero attached hydrogens (tertiary/aromatic N) is 3. The maximum Gasteiger partial charge on any atom is 0.265 e. The number of hydrogen-bond acceptors (Lipinski definition) is 6. The van der Waals surface area contributed by atoms with Gasteiger partial charge in [0, 0.05) is 29.6 Å². The smallest absolute Gasteiger partial charge is 0.265 e. The van der Waals surface area contributed by atoms with Crippen LogP contribution in [0.2, 0.25) is 0 Å². The zero-order valence-corrected chi connectivity index (χ0v) is 19.2. The highest BCUT2D eigenvalue weighted by molar-refractivity contribution is 6.01. The number of methoxy groups -OCH3 is 2. The number of pyridine rings is 1. The topological polar surface area (TPSA) is 76.3 Å². The van der Waals surface area contributed by atoms with E-state index >= 15 is 0 Å². The van der Waals surface area contributed by atoms with E-state index in [1.165, 1.54) is 11.7 Å². The fourth-order valence-electron chi connectivity index (χ4n) is 3.77. The molecule has 1 N–H and O–H groups in total. The van der Waals surface area contributed by atoms with Crippen molar-refractivity contribution in [2.24, 2.45) is 4.99 Å². The summed E-state index contributed by atoms with van der Waals surface area (Å²) in [6.45, 7) is 7.94. The second-order valence-corrected chi connectivity index (χ2v) is 7.38. The third-order valence-electron chi connectivity index (χ3n) is 5.61. The van der Waals surface area contributed by atoms with E-state index in [0.29, 0.717) is 40.1 Å². The molecular formula is C25H31N3O4. The average molecular weight is 438 g/mol. The highest BCUT2D eigenvalue weighted by Gasteiger charge is 2.17. The molecule has 0 aliphatic rings. The average Bonchev–Trinajstić information content (AvgIpc) is 2.83. The zero-order chi connectivity index (χ0) is 23.1. The van der Waals surface area contributed by atoms with Crippen molar-refractivity contribution >= 4 is 17.0 Å². The summed E-state index contributed by atoms with van der Waals surface area (Å²) in [4.78, 5) is 20.1. The molecule has 170 valence electrons. The van der Waals surface area contributed by atoms with Crippen molar-refractivity contribution in [1.82, 2.24) is 9.47 Å². The van der Waals surface area contributed by atoms with E-state index in [4.69, 9.17) is 9.47 Å². The van der Waals surface area contributed by atoms with Crippen molar-refractivity contribution in [2.75, 3.05) is 40.4 Å². The van der Waals surface area contributed by atoms with Crippen molar-refractivity contribution in [3.63, 3.8) is 0 Å². The molecule has 2 aromatic carbocycles. The first-order chi connectivity index (χ1) is 15.5. The minimum atomic E-state index is -0.316. The van der Waals surface area contributed by atoms with Gasteiger partial charge in [-0.15, -0.1) is 0 Å². The monoisotopic (exact) mass is 437 g/mol. The largest absolute Gasteiger partial charge is 0.494 e. The van der Waals surface area contributed by atoms with Gasteiger partial charge in [-0.3, -0.25) is 9.79 Å². The molecule has 0 unspecified atom stereocenters. The van der Waals surface area contributed by atoms with Crippen LogP contribution in [0.3, 0.4) is 0 Å². The van der Waals surface area contributed by atoms with Gasteiger partial charge in [0.1, 0.15) is 0 Å². The van der Waals surface area contributed by atoms with E-state index in [9.17, 15) is 9.90 Å². The van der Waals surface area contributed by atoms with E-state index in [0.717, 1.165) is 26.1 Å². The minimum absolute atomic E-state index is 0.159. The van der Waals surface area contributed by atoms with Gasteiger partial charge in [0.25, 0.3) is 5.56 Å². The maximum atomic E-state index is 13.3. The molecule has 0 atom stereocenters. The lowest BCUT2D eigenvalue weighted by Crippen LogP contribution is -2.24. The fourth-order valence-corrected chi connectivity index (χ4v) is 3.77. The van der Waals surface area contributed by atoms with E-state index in [1.54, 1.807) is 37.6 Å². The molecule has 3 rings (SSSR count). The molecule has 0 aliphatic carbocycles. The van der Waals surface area contributed by atoms with Crippen LogP contribution >= 0.6 is 0 Å². The van der Waals surface area contributed by atoms with Gasteiger partial charge in [-0.05, 0) is 44.3 Å². The lowest BCUT2D eigenvalue weighted by molar-refractivity contribution is 0.302. The molecule has 0 fully saturated rings. The highest BCUT2D eigenvalue weighted by Crippen LogP contribution is 2.32. The van der Waals surface area contributed by atoms with Crippen LogP contribution in [0.4, 0.5) is 0 Å². The second-order valence-electron chi connectivity index (χ2n) is 7.38. The third kappa shape index (κ3) is 4.78. The minimum Gasteiger partial charge on any atom is -0.494 e. The van der Waals surface area contributed by atoms with Crippen LogP contribution in [0.25, 0.3) is 16.5 Å². The van der Waals surface area contributed by atoms with E-state index in [2.05, 4.69) is 23.7 Å². The van der Waals surface area contributed by atoms with Gasteiger partial charge in [0.2, 0.25) is 5.88 Å². The molecule has 1 heterocycles. The lowest BCUT2D eigenvalue weighted by Gasteiger charge is -2.17. The number of benzene rings is 2. The number of fused-ring (bicyclic) bond motifs is 1. The maximum absolute atomic E-state index is 13.3. The second kappa shape index (κ2) is 10.8. The van der Waals surface area contributed by atoms with Crippen molar-refractivity contribution in [2.45, 2.75) is 20.3 Å². The summed E-state index contributed by atoms with van der Waals surface area (Å²) in [7, 11) is 3.08. The lowest BCUT2D eigenvalue weighted by atomic mass is 10.1. The van der Waals surface area contributed by atoms with Gasteiger partial charge in [0.15, 0.2) is 11.5 Å². The Bertz CT molecular complexity index is 1150. The Labute approximate surface area is 188 Å². The van der Waals surface area contributed by atoms with Crippen LogP contribution in [0.15, 0.2) is 52.3 Å². The molecule has 0 saturated heterocycles. The van der Waals surface area contributed by atoms with Gasteiger partial charge in [0.05, 0.1) is 25.5 Å². The standard InChI is InChI=1S/C25H31N3O4/c1-5-27(6-2)15-9-14-26-17-21-19-10-7-8-11-20(19)24(29)28(25(21)30)18-12-13-22(31-3)23(16-18)32-4/h7-8,10-13,16-17,30H,5-6,9,14-15H2,1-4H3. The predicted octanol–water partition coefficient (Wildman–Crippen LogP) is 3.86. The summed E-state index contributed by atoms with van der Waals surface area (Å²) in [5.41, 5.74) is 0.675. The van der Waals surface area contributed by atoms with Crippen LogP contribution in [-0.4, -0.2) is 61.2 Å². The molecule has 0 aliphatic heterocycles. The zero-order valence-electron chi connectivity index (χ0n) is 19.2. The molecule has 0 spiro atoms. The first-order valence-corrected chi connectivity index (χ1v) is 10.9. The predicted molar refractivity (Wildman–Crippen MR) is 129 cm³/mol. The van der Waals surface area contributed by atoms with E-state index in [1.807, 2.05) is 18.2 Å². The van der Waals surface area contributed by atoms with Crippen LogP contribution in [-0.2, 0) is 0 Å². The van der Waals surface area contributed by atoms with Gasteiger partial charge >= 0.3 is 0 Å².